The molecule has 17 heavy (non-hydrogen) atoms. The molecule has 3 heteroatoms. The minimum Gasteiger partial charge on any atom is -0.372 e. The van der Waals surface area contributed by atoms with Gasteiger partial charge in [-0.05, 0) is 25.7 Å². The van der Waals surface area contributed by atoms with Crippen molar-refractivity contribution in [1.82, 2.24) is 4.90 Å². The molecule has 0 aromatic rings. The van der Waals surface area contributed by atoms with Crippen LogP contribution in [0.4, 0.5) is 0 Å². The van der Waals surface area contributed by atoms with Gasteiger partial charge in [0, 0.05) is 25.0 Å². The van der Waals surface area contributed by atoms with Crippen molar-refractivity contribution in [3.05, 3.63) is 0 Å². The predicted octanol–water partition coefficient (Wildman–Crippen LogP) is 2.00. The Balaban J connectivity index is 1.63. The molecular weight excluding hydrogens is 214 g/mol. The number of nitrogens with zero attached hydrogens (tertiary/aromatic N) is 1. The van der Waals surface area contributed by atoms with E-state index in [1.54, 1.807) is 0 Å². The van der Waals surface area contributed by atoms with E-state index in [0.29, 0.717) is 12.2 Å². The Morgan fingerprint density at radius 2 is 1.76 bits per heavy atom. The fourth-order valence-corrected chi connectivity index (χ4v) is 3.84. The highest BCUT2D eigenvalue weighted by molar-refractivity contribution is 5.60. The van der Waals surface area contributed by atoms with E-state index >= 15 is 0 Å². The molecule has 2 aliphatic heterocycles. The monoisotopic (exact) mass is 237 g/mol. The van der Waals surface area contributed by atoms with Gasteiger partial charge in [-0.25, -0.2) is 0 Å². The van der Waals surface area contributed by atoms with Gasteiger partial charge >= 0.3 is 0 Å². The molecule has 3 aliphatic rings. The lowest BCUT2D eigenvalue weighted by Crippen LogP contribution is -2.48. The van der Waals surface area contributed by atoms with Crippen molar-refractivity contribution in [3.63, 3.8) is 0 Å². The minimum absolute atomic E-state index is 0.0327. The Bertz CT molecular complexity index is 274. The van der Waals surface area contributed by atoms with Crippen LogP contribution in [0.1, 0.15) is 44.9 Å². The maximum atomic E-state index is 11.5. The number of carbonyl (C=O) groups excluding carboxylic acids is 1. The average molecular weight is 237 g/mol. The summed E-state index contributed by atoms with van der Waals surface area (Å²) in [6, 6.07) is 0. The zero-order valence-electron chi connectivity index (χ0n) is 10.6. The van der Waals surface area contributed by atoms with Crippen LogP contribution in [0.2, 0.25) is 0 Å². The van der Waals surface area contributed by atoms with Crippen molar-refractivity contribution in [3.8, 4) is 0 Å². The molecule has 2 atom stereocenters. The van der Waals surface area contributed by atoms with Gasteiger partial charge in [0.15, 0.2) is 0 Å². The summed E-state index contributed by atoms with van der Waals surface area (Å²) in [5.41, 5.74) is -0.0327. The van der Waals surface area contributed by atoms with E-state index in [4.69, 9.17) is 4.74 Å². The SMILES string of the molecule is O=CC1(CN2CC3CCC(C2)O3)CCCCC1. The van der Waals surface area contributed by atoms with Gasteiger partial charge in [-0.1, -0.05) is 19.3 Å². The molecule has 3 nitrogen and oxygen atoms in total. The highest BCUT2D eigenvalue weighted by Crippen LogP contribution is 2.37. The molecule has 96 valence electrons. The molecule has 1 aliphatic carbocycles. The predicted molar refractivity (Wildman–Crippen MR) is 65.9 cm³/mol. The highest BCUT2D eigenvalue weighted by atomic mass is 16.5. The van der Waals surface area contributed by atoms with Crippen molar-refractivity contribution >= 4 is 6.29 Å². The van der Waals surface area contributed by atoms with Gasteiger partial charge < -0.3 is 9.53 Å². The first-order chi connectivity index (χ1) is 8.30. The number of morpholine rings is 1. The molecule has 0 aromatic carbocycles. The van der Waals surface area contributed by atoms with Gasteiger partial charge in [-0.3, -0.25) is 4.90 Å². The summed E-state index contributed by atoms with van der Waals surface area (Å²) < 4.78 is 5.85. The number of rotatable bonds is 3. The number of hydrogen-bond acceptors (Lipinski definition) is 3. The third-order valence-corrected chi connectivity index (χ3v) is 4.76. The van der Waals surface area contributed by atoms with Crippen molar-refractivity contribution < 1.29 is 9.53 Å². The van der Waals surface area contributed by atoms with Crippen LogP contribution in [0.25, 0.3) is 0 Å². The van der Waals surface area contributed by atoms with Crippen molar-refractivity contribution in [2.24, 2.45) is 5.41 Å². The maximum absolute atomic E-state index is 11.5. The molecule has 0 aromatic heterocycles. The number of ether oxygens (including phenoxy) is 1. The first kappa shape index (κ1) is 11.7. The normalized spacial score (nSPS) is 36.9. The molecule has 0 radical (unpaired) electrons. The van der Waals surface area contributed by atoms with Crippen LogP contribution in [0.15, 0.2) is 0 Å². The summed E-state index contributed by atoms with van der Waals surface area (Å²) in [6.07, 6.45) is 10.6. The van der Waals surface area contributed by atoms with Gasteiger partial charge in [0.25, 0.3) is 0 Å². The number of fused-ring (bicyclic) bond motifs is 2. The lowest BCUT2D eigenvalue weighted by Gasteiger charge is -2.40. The van der Waals surface area contributed by atoms with E-state index in [1.165, 1.54) is 38.4 Å². The van der Waals surface area contributed by atoms with Crippen LogP contribution in [-0.2, 0) is 9.53 Å². The Labute approximate surface area is 104 Å². The third-order valence-electron chi connectivity index (χ3n) is 4.76. The molecule has 0 spiro atoms. The molecule has 2 saturated heterocycles. The smallest absolute Gasteiger partial charge is 0.127 e. The maximum Gasteiger partial charge on any atom is 0.127 e. The topological polar surface area (TPSA) is 29.5 Å². The van der Waals surface area contributed by atoms with Crippen LogP contribution in [0.5, 0.6) is 0 Å². The second-order valence-corrected chi connectivity index (χ2v) is 6.19. The fourth-order valence-electron chi connectivity index (χ4n) is 3.84. The minimum atomic E-state index is -0.0327. The van der Waals surface area contributed by atoms with Crippen molar-refractivity contribution in [2.75, 3.05) is 19.6 Å². The van der Waals surface area contributed by atoms with Crippen LogP contribution in [0.3, 0.4) is 0 Å². The van der Waals surface area contributed by atoms with Crippen LogP contribution in [-0.4, -0.2) is 43.0 Å². The fraction of sp³-hybridized carbons (Fsp3) is 0.929. The largest absolute Gasteiger partial charge is 0.372 e. The molecule has 1 saturated carbocycles. The number of likely N-dealkylation sites (tertiary alicyclic amines) is 1. The van der Waals surface area contributed by atoms with Gasteiger partial charge in [0.2, 0.25) is 0 Å². The van der Waals surface area contributed by atoms with E-state index in [-0.39, 0.29) is 5.41 Å². The van der Waals surface area contributed by atoms with E-state index in [1.807, 2.05) is 0 Å². The highest BCUT2D eigenvalue weighted by Gasteiger charge is 2.39. The summed E-state index contributed by atoms with van der Waals surface area (Å²) >= 11 is 0. The first-order valence-corrected chi connectivity index (χ1v) is 7.14. The molecule has 0 amide bonds. The van der Waals surface area contributed by atoms with Crippen LogP contribution >= 0.6 is 0 Å². The van der Waals surface area contributed by atoms with Gasteiger partial charge in [0.05, 0.1) is 12.2 Å². The Hall–Kier alpha value is -0.410. The average Bonchev–Trinajstić information content (AvgIpc) is 2.70. The second kappa shape index (κ2) is 4.69. The third kappa shape index (κ3) is 2.41. The van der Waals surface area contributed by atoms with E-state index < -0.39 is 0 Å². The molecule has 0 N–H and O–H groups in total. The Morgan fingerprint density at radius 1 is 1.12 bits per heavy atom. The summed E-state index contributed by atoms with van der Waals surface area (Å²) in [6.45, 7) is 3.07. The Morgan fingerprint density at radius 3 is 2.35 bits per heavy atom. The zero-order valence-corrected chi connectivity index (χ0v) is 10.6. The van der Waals surface area contributed by atoms with E-state index in [0.717, 1.165) is 32.5 Å². The summed E-state index contributed by atoms with van der Waals surface area (Å²) in [7, 11) is 0. The molecule has 3 rings (SSSR count). The van der Waals surface area contributed by atoms with Gasteiger partial charge in [-0.2, -0.15) is 0 Å². The van der Waals surface area contributed by atoms with Crippen molar-refractivity contribution in [1.29, 1.82) is 0 Å². The van der Waals surface area contributed by atoms with Crippen LogP contribution < -0.4 is 0 Å². The molecular formula is C14H23NO2. The summed E-state index contributed by atoms with van der Waals surface area (Å²) in [4.78, 5) is 14.0. The van der Waals surface area contributed by atoms with Gasteiger partial charge in [-0.15, -0.1) is 0 Å². The zero-order chi connectivity index (χ0) is 11.7. The van der Waals surface area contributed by atoms with Crippen LogP contribution in [0, 0.1) is 5.41 Å². The molecule has 2 bridgehead atoms. The standard InChI is InChI=1S/C14H23NO2/c16-11-14(6-2-1-3-7-14)10-15-8-12-4-5-13(9-15)17-12/h11-13H,1-10H2. The summed E-state index contributed by atoms with van der Waals surface area (Å²) in [5, 5.41) is 0. The van der Waals surface area contributed by atoms with E-state index in [9.17, 15) is 4.79 Å². The Kier molecular flexibility index (Phi) is 3.22. The molecule has 2 unspecified atom stereocenters. The number of hydrogen-bond donors (Lipinski definition) is 0. The molecule has 2 heterocycles. The van der Waals surface area contributed by atoms with Crippen molar-refractivity contribution in [2.45, 2.75) is 57.2 Å². The first-order valence-electron chi connectivity index (χ1n) is 7.14. The number of carbonyl (C=O) groups is 1. The second-order valence-electron chi connectivity index (χ2n) is 6.19. The number of aldehydes is 1. The quantitative estimate of drug-likeness (QED) is 0.703. The van der Waals surface area contributed by atoms with E-state index in [2.05, 4.69) is 4.90 Å². The molecule has 3 fully saturated rings. The van der Waals surface area contributed by atoms with Gasteiger partial charge in [0.1, 0.15) is 6.29 Å². The lowest BCUT2D eigenvalue weighted by atomic mass is 9.75. The summed E-state index contributed by atoms with van der Waals surface area (Å²) in [5.74, 6) is 0. The lowest BCUT2D eigenvalue weighted by molar-refractivity contribution is -0.121.